The summed E-state index contributed by atoms with van der Waals surface area (Å²) in [6.07, 6.45) is 3.56. The molecule has 0 heterocycles. The predicted molar refractivity (Wildman–Crippen MR) is 97.4 cm³/mol. The topological polar surface area (TPSA) is 52.6 Å². The zero-order valence-electron chi connectivity index (χ0n) is 15.0. The minimum atomic E-state index is -0.920. The van der Waals surface area contributed by atoms with Crippen LogP contribution in [0.3, 0.4) is 0 Å². The highest BCUT2D eigenvalue weighted by Crippen LogP contribution is 2.13. The summed E-state index contributed by atoms with van der Waals surface area (Å²) in [5.41, 5.74) is 2.07. The molecule has 6 heteroatoms. The Hall–Kier alpha value is -2.63. The molecule has 0 unspecified atom stereocenters. The number of benzene rings is 2. The smallest absolute Gasteiger partial charge is 0.496 e. The van der Waals surface area contributed by atoms with Crippen molar-refractivity contribution < 1.29 is 23.3 Å². The lowest BCUT2D eigenvalue weighted by Crippen LogP contribution is -2.17. The summed E-state index contributed by atoms with van der Waals surface area (Å²) in [6.45, 7) is 4.06. The molecule has 2 aromatic carbocycles. The Labute approximate surface area is 153 Å². The van der Waals surface area contributed by atoms with E-state index in [1.165, 1.54) is 12.1 Å². The van der Waals surface area contributed by atoms with E-state index in [1.807, 2.05) is 19.1 Å². The van der Waals surface area contributed by atoms with E-state index in [-0.39, 0.29) is 5.56 Å². The molecular weight excluding hydrogens is 334 g/mol. The molecule has 135 valence electrons. The fourth-order valence-corrected chi connectivity index (χ4v) is 2.51. The Balaban J connectivity index is 1.86. The summed E-state index contributed by atoms with van der Waals surface area (Å²) in [6, 6.07) is 11.3. The molecule has 0 aliphatic rings. The number of hydrogen-bond acceptors (Lipinski definition) is 4. The normalized spacial score (nSPS) is 10.3. The molecule has 0 aromatic heterocycles. The van der Waals surface area contributed by atoms with Crippen molar-refractivity contribution in [2.24, 2.45) is 0 Å². The van der Waals surface area contributed by atoms with Gasteiger partial charge in [0, 0.05) is 0 Å². The molecule has 0 bridgehead atoms. The Morgan fingerprint density at radius 3 is 2.08 bits per heavy atom. The molecule has 0 aliphatic carbocycles. The lowest BCUT2D eigenvalue weighted by Gasteiger charge is -2.07. The van der Waals surface area contributed by atoms with Gasteiger partial charge in [-0.25, -0.2) is 14.0 Å². The SMILES string of the molecule is CCCc1ccc(C(=O)O[B]OC(=O)c2ccc(CCC)cc2F)cc1. The van der Waals surface area contributed by atoms with Crippen LogP contribution in [-0.4, -0.2) is 19.6 Å². The van der Waals surface area contributed by atoms with E-state index in [0.29, 0.717) is 13.2 Å². The maximum atomic E-state index is 14.0. The van der Waals surface area contributed by atoms with Gasteiger partial charge in [-0.05, 0) is 48.2 Å². The monoisotopic (exact) mass is 355 g/mol. The summed E-state index contributed by atoms with van der Waals surface area (Å²) in [4.78, 5) is 23.8. The molecule has 0 spiro atoms. The summed E-state index contributed by atoms with van der Waals surface area (Å²) in [5, 5.41) is 0. The Kier molecular flexibility index (Phi) is 7.39. The molecule has 0 fully saturated rings. The van der Waals surface area contributed by atoms with Crippen LogP contribution >= 0.6 is 0 Å². The van der Waals surface area contributed by atoms with Crippen LogP contribution in [0, 0.1) is 5.82 Å². The zero-order chi connectivity index (χ0) is 18.9. The van der Waals surface area contributed by atoms with Gasteiger partial charge in [-0.15, -0.1) is 0 Å². The average molecular weight is 355 g/mol. The molecule has 0 atom stereocenters. The largest absolute Gasteiger partial charge is 0.662 e. The van der Waals surface area contributed by atoms with Gasteiger partial charge in [0.1, 0.15) is 5.82 Å². The molecule has 1 radical (unpaired) electrons. The van der Waals surface area contributed by atoms with E-state index in [0.717, 1.165) is 36.8 Å². The average Bonchev–Trinajstić information content (AvgIpc) is 2.63. The highest BCUT2D eigenvalue weighted by molar-refractivity contribution is 6.28. The number of hydrogen-bond donors (Lipinski definition) is 0. The van der Waals surface area contributed by atoms with Gasteiger partial charge in [0.2, 0.25) is 0 Å². The summed E-state index contributed by atoms with van der Waals surface area (Å²) >= 11 is 0. The maximum absolute atomic E-state index is 14.0. The first-order valence-corrected chi connectivity index (χ1v) is 8.66. The van der Waals surface area contributed by atoms with E-state index in [4.69, 9.17) is 9.31 Å². The quantitative estimate of drug-likeness (QED) is 0.664. The number of carbonyl (C=O) groups is 2. The van der Waals surface area contributed by atoms with Gasteiger partial charge in [0.25, 0.3) is 0 Å². The lowest BCUT2D eigenvalue weighted by molar-refractivity contribution is 0.0629. The van der Waals surface area contributed by atoms with Gasteiger partial charge in [0.15, 0.2) is 0 Å². The molecule has 0 saturated heterocycles. The summed E-state index contributed by atoms with van der Waals surface area (Å²) in [7, 11) is 0.629. The van der Waals surface area contributed by atoms with Crippen LogP contribution in [0.1, 0.15) is 58.5 Å². The molecule has 0 saturated carbocycles. The second-order valence-electron chi connectivity index (χ2n) is 5.92. The Bertz CT molecular complexity index is 759. The minimum Gasteiger partial charge on any atom is -0.496 e. The second-order valence-corrected chi connectivity index (χ2v) is 5.92. The van der Waals surface area contributed by atoms with E-state index < -0.39 is 17.8 Å². The van der Waals surface area contributed by atoms with Crippen molar-refractivity contribution in [3.8, 4) is 0 Å². The highest BCUT2D eigenvalue weighted by Gasteiger charge is 2.17. The fraction of sp³-hybridized carbons (Fsp3) is 0.300. The summed E-state index contributed by atoms with van der Waals surface area (Å²) < 4.78 is 23.5. The van der Waals surface area contributed by atoms with E-state index in [9.17, 15) is 14.0 Å². The third kappa shape index (κ3) is 5.44. The first-order valence-electron chi connectivity index (χ1n) is 8.66. The fourth-order valence-electron chi connectivity index (χ4n) is 2.51. The van der Waals surface area contributed by atoms with Crippen LogP contribution in [0.25, 0.3) is 0 Å². The van der Waals surface area contributed by atoms with Crippen molar-refractivity contribution in [2.75, 3.05) is 0 Å². The Morgan fingerprint density at radius 2 is 1.46 bits per heavy atom. The number of rotatable bonds is 8. The number of aryl methyl sites for hydroxylation is 2. The molecule has 26 heavy (non-hydrogen) atoms. The van der Waals surface area contributed by atoms with Crippen LogP contribution in [-0.2, 0) is 22.2 Å². The van der Waals surface area contributed by atoms with Crippen molar-refractivity contribution >= 4 is 19.6 Å². The van der Waals surface area contributed by atoms with Crippen molar-refractivity contribution in [3.05, 3.63) is 70.5 Å². The molecule has 2 aromatic rings. The van der Waals surface area contributed by atoms with Gasteiger partial charge in [-0.3, -0.25) is 0 Å². The van der Waals surface area contributed by atoms with Crippen LogP contribution in [0.2, 0.25) is 0 Å². The van der Waals surface area contributed by atoms with Crippen molar-refractivity contribution in [1.29, 1.82) is 0 Å². The zero-order valence-corrected chi connectivity index (χ0v) is 15.0. The van der Waals surface area contributed by atoms with Crippen molar-refractivity contribution in [1.82, 2.24) is 0 Å². The van der Waals surface area contributed by atoms with Crippen LogP contribution in [0.5, 0.6) is 0 Å². The van der Waals surface area contributed by atoms with Gasteiger partial charge >= 0.3 is 19.6 Å². The van der Waals surface area contributed by atoms with Gasteiger partial charge < -0.3 is 9.31 Å². The lowest BCUT2D eigenvalue weighted by atomic mass is 10.1. The number of carbonyl (C=O) groups excluding carboxylic acids is 2. The standard InChI is InChI=1S/C20H21BFO4/c1-3-5-14-7-10-16(11-8-14)19(23)25-21-26-20(24)17-12-9-15(6-4-2)13-18(17)22/h7-13H,3-6H2,1-2H3. The molecule has 0 N–H and O–H groups in total. The maximum Gasteiger partial charge on any atom is 0.662 e. The summed E-state index contributed by atoms with van der Waals surface area (Å²) in [5.74, 6) is -2.23. The first kappa shape index (κ1) is 19.7. The van der Waals surface area contributed by atoms with Crippen molar-refractivity contribution in [3.63, 3.8) is 0 Å². The van der Waals surface area contributed by atoms with E-state index in [1.54, 1.807) is 18.2 Å². The first-order chi connectivity index (χ1) is 12.5. The molecule has 0 amide bonds. The van der Waals surface area contributed by atoms with E-state index in [2.05, 4.69) is 6.92 Å². The molecule has 2 rings (SSSR count). The molecular formula is C20H21BFO4. The Morgan fingerprint density at radius 1 is 0.885 bits per heavy atom. The molecule has 0 aliphatic heterocycles. The third-order valence-corrected chi connectivity index (χ3v) is 3.83. The van der Waals surface area contributed by atoms with Crippen molar-refractivity contribution in [2.45, 2.75) is 39.5 Å². The second kappa shape index (κ2) is 9.75. The molecule has 4 nitrogen and oxygen atoms in total. The van der Waals surface area contributed by atoms with Gasteiger partial charge in [-0.1, -0.05) is 44.9 Å². The van der Waals surface area contributed by atoms with Crippen LogP contribution < -0.4 is 0 Å². The van der Waals surface area contributed by atoms with Gasteiger partial charge in [0.05, 0.1) is 11.1 Å². The third-order valence-electron chi connectivity index (χ3n) is 3.83. The van der Waals surface area contributed by atoms with E-state index >= 15 is 0 Å². The van der Waals surface area contributed by atoms with Crippen LogP contribution in [0.4, 0.5) is 4.39 Å². The number of halogens is 1. The van der Waals surface area contributed by atoms with Gasteiger partial charge in [-0.2, -0.15) is 0 Å². The predicted octanol–water partition coefficient (Wildman–Crippen LogP) is 4.28. The highest BCUT2D eigenvalue weighted by atomic mass is 19.1. The van der Waals surface area contributed by atoms with Crippen LogP contribution in [0.15, 0.2) is 42.5 Å². The minimum absolute atomic E-state index is 0.207.